The van der Waals surface area contributed by atoms with Crippen molar-refractivity contribution in [3.8, 4) is 50.8 Å². The molecule has 0 aliphatic rings. The number of benzene rings is 14. The van der Waals surface area contributed by atoms with Gasteiger partial charge in [0.05, 0.1) is 40.3 Å². The van der Waals surface area contributed by atoms with Crippen molar-refractivity contribution in [2.45, 2.75) is 0 Å². The first-order valence-corrected chi connectivity index (χ1v) is 26.4. The van der Waals surface area contributed by atoms with E-state index >= 15 is 0 Å². The van der Waals surface area contributed by atoms with E-state index in [0.717, 1.165) is 66.1 Å². The Morgan fingerprint density at radius 2 is 0.641 bits per heavy atom. The minimum Gasteiger partial charge on any atom is -0.309 e. The van der Waals surface area contributed by atoms with Gasteiger partial charge in [-0.1, -0.05) is 176 Å². The van der Waals surface area contributed by atoms with Crippen LogP contribution >= 0.6 is 0 Å². The molecule has 0 amide bonds. The summed E-state index contributed by atoms with van der Waals surface area (Å²) >= 11 is 0. The van der Waals surface area contributed by atoms with Gasteiger partial charge in [-0.15, -0.1) is 0 Å². The molecule has 358 valence electrons. The van der Waals surface area contributed by atoms with Crippen molar-refractivity contribution in [3.63, 3.8) is 0 Å². The lowest BCUT2D eigenvalue weighted by atomic mass is 9.81. The summed E-state index contributed by atoms with van der Waals surface area (Å²) in [4.78, 5) is 3.89. The zero-order valence-corrected chi connectivity index (χ0v) is 42.0. The first-order chi connectivity index (χ1) is 38.6. The van der Waals surface area contributed by atoms with E-state index in [1.807, 2.05) is 18.2 Å². The average molecular weight is 987 g/mol. The number of aromatic nitrogens is 2. The summed E-state index contributed by atoms with van der Waals surface area (Å²) in [6, 6.07) is 94.5. The minimum atomic E-state index is 0.621. The predicted molar refractivity (Wildman–Crippen MR) is 327 cm³/mol. The summed E-state index contributed by atoms with van der Waals surface area (Å²) in [6.45, 7) is 8.02. The van der Waals surface area contributed by atoms with Gasteiger partial charge in [-0.3, -0.25) is 0 Å². The molecule has 78 heavy (non-hydrogen) atoms. The van der Waals surface area contributed by atoms with E-state index in [1.165, 1.54) is 86.9 Å². The Hall–Kier alpha value is -10.8. The van der Waals surface area contributed by atoms with Gasteiger partial charge in [-0.25, -0.2) is 4.85 Å². The van der Waals surface area contributed by atoms with Crippen LogP contribution in [0.5, 0.6) is 0 Å². The second-order valence-electron chi connectivity index (χ2n) is 20.5. The number of hydrogen-bond donors (Lipinski definition) is 0. The monoisotopic (exact) mass is 986 g/mol. The van der Waals surface area contributed by atoms with Crippen LogP contribution in [-0.4, -0.2) is 9.13 Å². The molecule has 4 nitrogen and oxygen atoms in total. The SMILES string of the molecule is [C-]#[N+]c1ccc2c(c1)c1cc(-c3c4ccccc4c(-c4c5ccccc5c(-c5ccc6c(c5)c5cc(C#N)ccc5n6-c5ccc6ccccc6c5)c5ccccc45)c4ccccc34)ccc1n2-c1ccc2ccccc2c1. The van der Waals surface area contributed by atoms with Crippen LogP contribution < -0.4 is 0 Å². The van der Waals surface area contributed by atoms with Gasteiger partial charge in [-0.2, -0.15) is 5.26 Å². The molecule has 0 unspecified atom stereocenters. The largest absolute Gasteiger partial charge is 0.309 e. The van der Waals surface area contributed by atoms with Gasteiger partial charge in [0.2, 0.25) is 0 Å². The van der Waals surface area contributed by atoms with Crippen LogP contribution in [0, 0.1) is 17.9 Å². The molecule has 0 N–H and O–H groups in total. The standard InChI is InChI=1S/C74H42N4/c1-76-52-31-37-70-66(43-52)65-42-51(30-36-69(65)78(70)54-33-28-47-15-3-5-17-49(47)40-54)72-57-20-8-12-24-61(57)74(62-25-13-9-21-58(62)72)73-59-22-10-6-18-55(59)71(56-19-7-11-23-60(56)73)50-29-35-68-64(41-50)63-38-45(44-75)26-34-67(63)77(68)53-32-27-46-14-2-4-16-48(46)39-53/h2-43H. The third-order valence-electron chi connectivity index (χ3n) is 16.4. The van der Waals surface area contributed by atoms with Gasteiger partial charge in [0.15, 0.2) is 5.69 Å². The molecular weight excluding hydrogens is 945 g/mol. The highest BCUT2D eigenvalue weighted by molar-refractivity contribution is 6.30. The van der Waals surface area contributed by atoms with E-state index in [-0.39, 0.29) is 0 Å². The predicted octanol–water partition coefficient (Wildman–Crippen LogP) is 20.2. The Bertz CT molecular complexity index is 4920. The second kappa shape index (κ2) is 16.9. The molecule has 4 heteroatoms. The van der Waals surface area contributed by atoms with Crippen molar-refractivity contribution in [1.29, 1.82) is 5.26 Å². The summed E-state index contributed by atoms with van der Waals surface area (Å²) < 4.78 is 4.69. The number of nitriles is 1. The van der Waals surface area contributed by atoms with Gasteiger partial charge < -0.3 is 9.13 Å². The topological polar surface area (TPSA) is 38.0 Å². The van der Waals surface area contributed by atoms with Crippen LogP contribution in [0.4, 0.5) is 5.69 Å². The van der Waals surface area contributed by atoms with Crippen molar-refractivity contribution in [3.05, 3.63) is 272 Å². The first kappa shape index (κ1) is 43.6. The van der Waals surface area contributed by atoms with E-state index in [1.54, 1.807) is 0 Å². The number of nitrogens with zero attached hydrogens (tertiary/aromatic N) is 4. The maximum atomic E-state index is 10.2. The van der Waals surface area contributed by atoms with Crippen molar-refractivity contribution < 1.29 is 0 Å². The van der Waals surface area contributed by atoms with E-state index in [4.69, 9.17) is 6.57 Å². The summed E-state index contributed by atoms with van der Waals surface area (Å²) in [6.07, 6.45) is 0. The van der Waals surface area contributed by atoms with Crippen molar-refractivity contribution >= 4 is 114 Å². The highest BCUT2D eigenvalue weighted by atomic mass is 15.0. The number of rotatable bonds is 5. The highest BCUT2D eigenvalue weighted by Gasteiger charge is 2.24. The van der Waals surface area contributed by atoms with E-state index in [2.05, 4.69) is 257 Å². The lowest BCUT2D eigenvalue weighted by Crippen LogP contribution is -1.95. The minimum absolute atomic E-state index is 0.621. The smallest absolute Gasteiger partial charge is 0.188 e. The second-order valence-corrected chi connectivity index (χ2v) is 20.5. The molecule has 0 radical (unpaired) electrons. The van der Waals surface area contributed by atoms with Crippen molar-refractivity contribution in [2.24, 2.45) is 0 Å². The lowest BCUT2D eigenvalue weighted by molar-refractivity contribution is 1.19. The maximum Gasteiger partial charge on any atom is 0.188 e. The fourth-order valence-corrected chi connectivity index (χ4v) is 13.1. The molecule has 0 fully saturated rings. The summed E-state index contributed by atoms with van der Waals surface area (Å²) in [5.41, 5.74) is 14.7. The Morgan fingerprint density at radius 3 is 1.05 bits per heavy atom. The number of hydrogen-bond acceptors (Lipinski definition) is 1. The van der Waals surface area contributed by atoms with Gasteiger partial charge in [0.25, 0.3) is 0 Å². The molecule has 0 saturated carbocycles. The van der Waals surface area contributed by atoms with Crippen LogP contribution in [0.2, 0.25) is 0 Å². The molecule has 14 aromatic carbocycles. The first-order valence-electron chi connectivity index (χ1n) is 26.4. The quantitative estimate of drug-likeness (QED) is 0.125. The molecule has 0 bridgehead atoms. The summed E-state index contributed by atoms with van der Waals surface area (Å²) in [7, 11) is 0. The highest BCUT2D eigenvalue weighted by Crippen LogP contribution is 2.51. The fourth-order valence-electron chi connectivity index (χ4n) is 13.1. The van der Waals surface area contributed by atoms with Gasteiger partial charge >= 0.3 is 0 Å². The van der Waals surface area contributed by atoms with Gasteiger partial charge in [0, 0.05) is 27.5 Å². The van der Waals surface area contributed by atoms with Crippen LogP contribution in [0.1, 0.15) is 5.56 Å². The molecule has 0 atom stereocenters. The number of fused-ring (bicyclic) bond motifs is 12. The van der Waals surface area contributed by atoms with Crippen molar-refractivity contribution in [2.75, 3.05) is 0 Å². The van der Waals surface area contributed by atoms with E-state index in [9.17, 15) is 5.26 Å². The third-order valence-corrected chi connectivity index (χ3v) is 16.4. The van der Waals surface area contributed by atoms with Crippen LogP contribution in [0.15, 0.2) is 255 Å². The molecule has 0 aliphatic heterocycles. The summed E-state index contributed by atoms with van der Waals surface area (Å²) in [5.74, 6) is 0. The Balaban J connectivity index is 0.931. The average Bonchev–Trinajstić information content (AvgIpc) is 4.18. The van der Waals surface area contributed by atoms with Crippen molar-refractivity contribution in [1.82, 2.24) is 9.13 Å². The Labute approximate surface area is 448 Å². The molecular formula is C74H42N4. The molecule has 0 spiro atoms. The summed E-state index contributed by atoms with van der Waals surface area (Å²) in [5, 5.41) is 28.7. The molecule has 16 rings (SSSR count). The fraction of sp³-hybridized carbons (Fsp3) is 0. The normalized spacial score (nSPS) is 11.8. The molecule has 0 saturated heterocycles. The Morgan fingerprint density at radius 1 is 0.295 bits per heavy atom. The maximum absolute atomic E-state index is 10.2. The lowest BCUT2D eigenvalue weighted by Gasteiger charge is -2.22. The zero-order valence-electron chi connectivity index (χ0n) is 42.0. The molecule has 2 aromatic heterocycles. The molecule has 2 heterocycles. The molecule has 0 aliphatic carbocycles. The van der Waals surface area contributed by atoms with Crippen LogP contribution in [-0.2, 0) is 0 Å². The Kier molecular flexibility index (Phi) is 9.43. The van der Waals surface area contributed by atoms with E-state index < -0.39 is 0 Å². The third kappa shape index (κ3) is 6.39. The zero-order chi connectivity index (χ0) is 51.6. The van der Waals surface area contributed by atoms with Crippen LogP contribution in [0.25, 0.3) is 158 Å². The van der Waals surface area contributed by atoms with E-state index in [0.29, 0.717) is 11.3 Å². The molecule has 16 aromatic rings. The van der Waals surface area contributed by atoms with Gasteiger partial charge in [-0.05, 0) is 182 Å². The van der Waals surface area contributed by atoms with Crippen LogP contribution in [0.3, 0.4) is 0 Å². The van der Waals surface area contributed by atoms with Gasteiger partial charge in [0.1, 0.15) is 0 Å².